The Morgan fingerprint density at radius 3 is 2.74 bits per heavy atom. The topological polar surface area (TPSA) is 116 Å². The average molecular weight is 435 g/mol. The molecule has 0 spiro atoms. The monoisotopic (exact) mass is 435 g/mol. The van der Waals surface area contributed by atoms with Crippen molar-refractivity contribution in [2.75, 3.05) is 34.8 Å². The third-order valence-corrected chi connectivity index (χ3v) is 5.24. The summed E-state index contributed by atoms with van der Waals surface area (Å²) in [7, 11) is 0. The molecule has 2 aromatic heterocycles. The number of nitrogens with zero attached hydrogens (tertiary/aromatic N) is 4. The van der Waals surface area contributed by atoms with Crippen molar-refractivity contribution in [3.63, 3.8) is 0 Å². The Morgan fingerprint density at radius 2 is 2.06 bits per heavy atom. The number of nitrogens with one attached hydrogen (secondary N) is 2. The van der Waals surface area contributed by atoms with Crippen molar-refractivity contribution in [3.05, 3.63) is 42.2 Å². The Morgan fingerprint density at radius 1 is 1.26 bits per heavy atom. The van der Waals surface area contributed by atoms with Gasteiger partial charge in [-0.3, -0.25) is 15.0 Å². The molecule has 1 saturated heterocycles. The van der Waals surface area contributed by atoms with Crippen molar-refractivity contribution in [2.45, 2.75) is 24.7 Å². The third kappa shape index (κ3) is 4.10. The highest BCUT2D eigenvalue weighted by Gasteiger charge is 2.42. The minimum atomic E-state index is -4.68. The smallest absolute Gasteiger partial charge is 0.366 e. The van der Waals surface area contributed by atoms with E-state index in [-0.39, 0.29) is 17.6 Å². The summed E-state index contributed by atoms with van der Waals surface area (Å²) in [6, 6.07) is 5.13. The van der Waals surface area contributed by atoms with E-state index in [1.54, 1.807) is 24.3 Å². The summed E-state index contributed by atoms with van der Waals surface area (Å²) in [5.74, 6) is -0.459. The summed E-state index contributed by atoms with van der Waals surface area (Å²) in [6.45, 7) is 0.495. The van der Waals surface area contributed by atoms with Crippen LogP contribution in [-0.2, 0) is 0 Å². The number of nitrogens with two attached hydrogens (primary N) is 1. The lowest BCUT2D eigenvalue weighted by Crippen LogP contribution is -2.50. The number of anilines is 3. The van der Waals surface area contributed by atoms with Crippen molar-refractivity contribution < 1.29 is 22.8 Å². The van der Waals surface area contributed by atoms with Crippen LogP contribution < -0.4 is 26.2 Å². The van der Waals surface area contributed by atoms with Crippen LogP contribution in [0.25, 0.3) is 0 Å². The first-order valence-electron chi connectivity index (χ1n) is 9.63. The van der Waals surface area contributed by atoms with Gasteiger partial charge in [-0.05, 0) is 30.7 Å². The van der Waals surface area contributed by atoms with Gasteiger partial charge in [-0.15, -0.1) is 0 Å². The molecule has 2 aliphatic rings. The SMILES string of the molecule is NCC(NC(=O)c1ccc2c(n1)N(C(=O)Nc1ccccn1)C1CCN2C1)C(F)(F)F. The Labute approximate surface area is 175 Å². The minimum absolute atomic E-state index is 0.186. The number of carbonyl (C=O) groups is 2. The summed E-state index contributed by atoms with van der Waals surface area (Å²) >= 11 is 0. The van der Waals surface area contributed by atoms with Crippen LogP contribution in [0.15, 0.2) is 36.5 Å². The molecule has 4 heterocycles. The lowest BCUT2D eigenvalue weighted by Gasteiger charge is -2.35. The van der Waals surface area contributed by atoms with Crippen LogP contribution in [0.3, 0.4) is 0 Å². The number of rotatable bonds is 4. The number of halogens is 3. The maximum absolute atomic E-state index is 13.0. The first-order chi connectivity index (χ1) is 14.8. The lowest BCUT2D eigenvalue weighted by molar-refractivity contribution is -0.150. The minimum Gasteiger partial charge on any atom is -0.366 e. The van der Waals surface area contributed by atoms with E-state index in [4.69, 9.17) is 5.73 Å². The number of aromatic nitrogens is 2. The average Bonchev–Trinajstić information content (AvgIpc) is 3.15. The quantitative estimate of drug-likeness (QED) is 0.674. The van der Waals surface area contributed by atoms with E-state index in [1.165, 1.54) is 17.2 Å². The van der Waals surface area contributed by atoms with Gasteiger partial charge in [0.2, 0.25) is 0 Å². The number of urea groups is 1. The molecule has 31 heavy (non-hydrogen) atoms. The predicted octanol–water partition coefficient (Wildman–Crippen LogP) is 1.73. The van der Waals surface area contributed by atoms with Gasteiger partial charge in [0.15, 0.2) is 5.82 Å². The van der Waals surface area contributed by atoms with E-state index in [0.717, 1.165) is 0 Å². The van der Waals surface area contributed by atoms with E-state index in [1.807, 2.05) is 10.2 Å². The summed E-state index contributed by atoms with van der Waals surface area (Å²) in [5.41, 5.74) is 5.54. The predicted molar refractivity (Wildman–Crippen MR) is 107 cm³/mol. The number of fused-ring (bicyclic) bond motifs is 4. The van der Waals surface area contributed by atoms with Gasteiger partial charge in [-0.1, -0.05) is 6.07 Å². The van der Waals surface area contributed by atoms with Gasteiger partial charge in [0, 0.05) is 25.8 Å². The molecule has 12 heteroatoms. The zero-order valence-electron chi connectivity index (χ0n) is 16.3. The maximum Gasteiger partial charge on any atom is 0.409 e. The van der Waals surface area contributed by atoms with Crippen LogP contribution in [0, 0.1) is 0 Å². The van der Waals surface area contributed by atoms with Crippen molar-refractivity contribution in [1.29, 1.82) is 0 Å². The fourth-order valence-electron chi connectivity index (χ4n) is 3.71. The van der Waals surface area contributed by atoms with Crippen LogP contribution in [0.4, 0.5) is 35.3 Å². The molecule has 164 valence electrons. The number of amides is 3. The highest BCUT2D eigenvalue weighted by atomic mass is 19.4. The summed E-state index contributed by atoms with van der Waals surface area (Å²) in [6.07, 6.45) is -2.46. The highest BCUT2D eigenvalue weighted by molar-refractivity contribution is 6.05. The number of alkyl halides is 3. The van der Waals surface area contributed by atoms with E-state index in [0.29, 0.717) is 31.0 Å². The fraction of sp³-hybridized carbons (Fsp3) is 0.368. The fourth-order valence-corrected chi connectivity index (χ4v) is 3.71. The van der Waals surface area contributed by atoms with Crippen LogP contribution >= 0.6 is 0 Å². The van der Waals surface area contributed by atoms with Crippen LogP contribution in [0.5, 0.6) is 0 Å². The van der Waals surface area contributed by atoms with Crippen molar-refractivity contribution in [3.8, 4) is 0 Å². The molecular formula is C19H20F3N7O2. The van der Waals surface area contributed by atoms with Gasteiger partial charge >= 0.3 is 12.2 Å². The first-order valence-corrected chi connectivity index (χ1v) is 9.63. The third-order valence-electron chi connectivity index (χ3n) is 5.24. The molecule has 4 rings (SSSR count). The molecule has 2 aliphatic heterocycles. The number of hydrogen-bond donors (Lipinski definition) is 3. The standard InChI is InChI=1S/C19H20F3N7O2/c20-19(21,22)14(9-23)26-17(30)12-4-5-13-16(25-12)29(11-6-8-28(13)10-11)18(31)27-15-3-1-2-7-24-15/h1-5,7,11,14H,6,8-10,23H2,(H,26,30)(H,24,27,31). The molecule has 0 aliphatic carbocycles. The lowest BCUT2D eigenvalue weighted by atomic mass is 10.1. The molecule has 0 radical (unpaired) electrons. The molecule has 0 saturated carbocycles. The Hall–Kier alpha value is -3.41. The van der Waals surface area contributed by atoms with Crippen LogP contribution in [0.1, 0.15) is 16.9 Å². The molecule has 2 bridgehead atoms. The van der Waals surface area contributed by atoms with E-state index < -0.39 is 30.7 Å². The normalized spacial score (nSPS) is 18.4. The molecule has 3 amide bonds. The second-order valence-corrected chi connectivity index (χ2v) is 7.25. The van der Waals surface area contributed by atoms with Crippen molar-refractivity contribution in [2.24, 2.45) is 5.73 Å². The Kier molecular flexibility index (Phi) is 5.39. The Balaban J connectivity index is 1.63. The van der Waals surface area contributed by atoms with E-state index >= 15 is 0 Å². The second kappa shape index (κ2) is 8.02. The molecule has 2 unspecified atom stereocenters. The first kappa shape index (κ1) is 20.8. The van der Waals surface area contributed by atoms with E-state index in [2.05, 4.69) is 15.3 Å². The molecular weight excluding hydrogens is 415 g/mol. The molecule has 1 fully saturated rings. The molecule has 2 aromatic rings. The van der Waals surface area contributed by atoms with Gasteiger partial charge in [-0.25, -0.2) is 14.8 Å². The zero-order chi connectivity index (χ0) is 22.2. The number of hydrogen-bond acceptors (Lipinski definition) is 6. The number of carbonyl (C=O) groups excluding carboxylic acids is 2. The van der Waals surface area contributed by atoms with Gasteiger partial charge in [-0.2, -0.15) is 13.2 Å². The van der Waals surface area contributed by atoms with Crippen LogP contribution in [0.2, 0.25) is 0 Å². The van der Waals surface area contributed by atoms with Gasteiger partial charge in [0.25, 0.3) is 5.91 Å². The van der Waals surface area contributed by atoms with Crippen LogP contribution in [-0.4, -0.2) is 59.8 Å². The van der Waals surface area contributed by atoms with Crippen molar-refractivity contribution >= 4 is 29.3 Å². The molecule has 9 nitrogen and oxygen atoms in total. The summed E-state index contributed by atoms with van der Waals surface area (Å²) in [5, 5.41) is 4.55. The van der Waals surface area contributed by atoms with Gasteiger partial charge in [0.05, 0.1) is 11.7 Å². The van der Waals surface area contributed by atoms with E-state index in [9.17, 15) is 22.8 Å². The number of pyridine rings is 2. The summed E-state index contributed by atoms with van der Waals surface area (Å²) < 4.78 is 38.9. The van der Waals surface area contributed by atoms with Gasteiger partial charge < -0.3 is 16.0 Å². The second-order valence-electron chi connectivity index (χ2n) is 7.25. The maximum atomic E-state index is 13.0. The molecule has 4 N–H and O–H groups in total. The largest absolute Gasteiger partial charge is 0.409 e. The molecule has 0 aromatic carbocycles. The summed E-state index contributed by atoms with van der Waals surface area (Å²) in [4.78, 5) is 37.2. The highest BCUT2D eigenvalue weighted by Crippen LogP contribution is 2.39. The molecule has 2 atom stereocenters. The zero-order valence-corrected chi connectivity index (χ0v) is 16.3. The van der Waals surface area contributed by atoms with Crippen molar-refractivity contribution in [1.82, 2.24) is 15.3 Å². The Bertz CT molecular complexity index is 986. The van der Waals surface area contributed by atoms with Gasteiger partial charge in [0.1, 0.15) is 17.6 Å².